The molecule has 0 aromatic carbocycles. The van der Waals surface area contributed by atoms with E-state index in [4.69, 9.17) is 11.6 Å². The van der Waals surface area contributed by atoms with Crippen LogP contribution < -0.4 is 5.32 Å². The van der Waals surface area contributed by atoms with E-state index in [-0.39, 0.29) is 11.8 Å². The molecule has 17 heavy (non-hydrogen) atoms. The highest BCUT2D eigenvalue weighted by Gasteiger charge is 2.19. The molecule has 0 radical (unpaired) electrons. The monoisotopic (exact) mass is 259 g/mol. The van der Waals surface area contributed by atoms with Gasteiger partial charge in [0.15, 0.2) is 0 Å². The maximum Gasteiger partial charge on any atom is 0.223 e. The molecular formula is C14H26ClNO. The SMILES string of the molecule is CC(CCCl)CNC(=O)C1CCCCCCC1. The Hall–Kier alpha value is -0.240. The summed E-state index contributed by atoms with van der Waals surface area (Å²) in [6, 6.07) is 0. The average molecular weight is 260 g/mol. The quantitative estimate of drug-likeness (QED) is 0.749. The molecule has 1 fully saturated rings. The van der Waals surface area contributed by atoms with Crippen molar-refractivity contribution in [2.75, 3.05) is 12.4 Å². The number of carbonyl (C=O) groups is 1. The molecule has 1 N–H and O–H groups in total. The van der Waals surface area contributed by atoms with E-state index in [0.29, 0.717) is 11.8 Å². The molecule has 0 spiro atoms. The standard InChI is InChI=1S/C14H26ClNO/c1-12(9-10-15)11-16-14(17)13-7-5-3-2-4-6-8-13/h12-13H,2-11H2,1H3,(H,16,17). The highest BCUT2D eigenvalue weighted by molar-refractivity contribution is 6.17. The highest BCUT2D eigenvalue weighted by atomic mass is 35.5. The van der Waals surface area contributed by atoms with Crippen LogP contribution in [0.25, 0.3) is 0 Å². The van der Waals surface area contributed by atoms with Gasteiger partial charge in [-0.25, -0.2) is 0 Å². The summed E-state index contributed by atoms with van der Waals surface area (Å²) in [6.45, 7) is 2.92. The van der Waals surface area contributed by atoms with Crippen molar-refractivity contribution < 1.29 is 4.79 Å². The van der Waals surface area contributed by atoms with E-state index in [0.717, 1.165) is 25.8 Å². The van der Waals surface area contributed by atoms with Gasteiger partial charge in [-0.05, 0) is 25.2 Å². The second kappa shape index (κ2) is 8.79. The number of carbonyl (C=O) groups excluding carboxylic acids is 1. The number of rotatable bonds is 5. The van der Waals surface area contributed by atoms with E-state index in [2.05, 4.69) is 12.2 Å². The zero-order chi connectivity index (χ0) is 12.5. The van der Waals surface area contributed by atoms with Crippen LogP contribution in [0.4, 0.5) is 0 Å². The van der Waals surface area contributed by atoms with Crippen molar-refractivity contribution in [1.82, 2.24) is 5.32 Å². The number of halogens is 1. The Bertz CT molecular complexity index is 212. The minimum Gasteiger partial charge on any atom is -0.356 e. The van der Waals surface area contributed by atoms with Gasteiger partial charge in [0.25, 0.3) is 0 Å². The predicted octanol–water partition coefficient (Wildman–Crippen LogP) is 3.73. The first-order valence-electron chi connectivity index (χ1n) is 7.07. The molecule has 0 aromatic heterocycles. The zero-order valence-corrected chi connectivity index (χ0v) is 11.8. The highest BCUT2D eigenvalue weighted by Crippen LogP contribution is 2.22. The van der Waals surface area contributed by atoms with Crippen LogP contribution in [0.2, 0.25) is 0 Å². The molecule has 0 aliphatic heterocycles. The molecular weight excluding hydrogens is 234 g/mol. The van der Waals surface area contributed by atoms with Crippen LogP contribution in [0.3, 0.4) is 0 Å². The van der Waals surface area contributed by atoms with Crippen molar-refractivity contribution in [3.8, 4) is 0 Å². The van der Waals surface area contributed by atoms with E-state index in [1.807, 2.05) is 0 Å². The Morgan fingerprint density at radius 2 is 1.82 bits per heavy atom. The average Bonchev–Trinajstić information content (AvgIpc) is 2.26. The molecule has 0 heterocycles. The molecule has 2 nitrogen and oxygen atoms in total. The summed E-state index contributed by atoms with van der Waals surface area (Å²) < 4.78 is 0. The third kappa shape index (κ3) is 6.30. The summed E-state index contributed by atoms with van der Waals surface area (Å²) in [5.41, 5.74) is 0. The first-order chi connectivity index (χ1) is 8.24. The molecule has 0 bridgehead atoms. The lowest BCUT2D eigenvalue weighted by Crippen LogP contribution is -2.34. The molecule has 3 heteroatoms. The van der Waals surface area contributed by atoms with Crippen molar-refractivity contribution in [2.45, 2.75) is 58.3 Å². The summed E-state index contributed by atoms with van der Waals surface area (Å²) in [5.74, 6) is 1.71. The van der Waals surface area contributed by atoms with Gasteiger partial charge in [0.05, 0.1) is 0 Å². The van der Waals surface area contributed by atoms with Crippen molar-refractivity contribution in [1.29, 1.82) is 0 Å². The maximum atomic E-state index is 12.0. The number of nitrogens with one attached hydrogen (secondary N) is 1. The van der Waals surface area contributed by atoms with Crippen LogP contribution in [0.1, 0.15) is 58.3 Å². The summed E-state index contributed by atoms with van der Waals surface area (Å²) in [7, 11) is 0. The van der Waals surface area contributed by atoms with Gasteiger partial charge in [0.1, 0.15) is 0 Å². The Labute approximate surface area is 110 Å². The first kappa shape index (κ1) is 14.8. The van der Waals surface area contributed by atoms with Crippen LogP contribution in [0.5, 0.6) is 0 Å². The van der Waals surface area contributed by atoms with E-state index in [1.54, 1.807) is 0 Å². The molecule has 100 valence electrons. The summed E-state index contributed by atoms with van der Waals surface area (Å²) in [4.78, 5) is 12.0. The van der Waals surface area contributed by atoms with E-state index in [9.17, 15) is 4.79 Å². The Morgan fingerprint density at radius 1 is 1.24 bits per heavy atom. The van der Waals surface area contributed by atoms with E-state index >= 15 is 0 Å². The number of amides is 1. The third-order valence-corrected chi connectivity index (χ3v) is 3.92. The molecule has 1 aliphatic carbocycles. The topological polar surface area (TPSA) is 29.1 Å². The fourth-order valence-corrected chi connectivity index (χ4v) is 2.80. The van der Waals surface area contributed by atoms with Gasteiger partial charge < -0.3 is 5.32 Å². The van der Waals surface area contributed by atoms with Gasteiger partial charge in [-0.1, -0.05) is 39.0 Å². The molecule has 1 saturated carbocycles. The second-order valence-corrected chi connectivity index (χ2v) is 5.75. The zero-order valence-electron chi connectivity index (χ0n) is 11.0. The predicted molar refractivity (Wildman–Crippen MR) is 73.3 cm³/mol. The largest absolute Gasteiger partial charge is 0.356 e. The third-order valence-electron chi connectivity index (χ3n) is 3.70. The van der Waals surface area contributed by atoms with Crippen LogP contribution in [-0.2, 0) is 4.79 Å². The molecule has 0 aromatic rings. The van der Waals surface area contributed by atoms with Gasteiger partial charge in [-0.15, -0.1) is 11.6 Å². The normalized spacial score (nSPS) is 20.4. The summed E-state index contributed by atoms with van der Waals surface area (Å²) >= 11 is 5.69. The fraction of sp³-hybridized carbons (Fsp3) is 0.929. The molecule has 1 atom stereocenters. The molecule has 0 saturated heterocycles. The van der Waals surface area contributed by atoms with Crippen LogP contribution >= 0.6 is 11.6 Å². The van der Waals surface area contributed by atoms with Crippen molar-refractivity contribution in [3.05, 3.63) is 0 Å². The Kier molecular flexibility index (Phi) is 7.67. The molecule has 1 amide bonds. The molecule has 1 unspecified atom stereocenters. The fourth-order valence-electron chi connectivity index (χ4n) is 2.43. The van der Waals surface area contributed by atoms with Gasteiger partial charge in [-0.3, -0.25) is 4.79 Å². The van der Waals surface area contributed by atoms with Crippen LogP contribution in [-0.4, -0.2) is 18.3 Å². The number of alkyl halides is 1. The Balaban J connectivity index is 2.24. The first-order valence-corrected chi connectivity index (χ1v) is 7.61. The lowest BCUT2D eigenvalue weighted by molar-refractivity contribution is -0.125. The smallest absolute Gasteiger partial charge is 0.223 e. The van der Waals surface area contributed by atoms with Crippen molar-refractivity contribution in [2.24, 2.45) is 11.8 Å². The van der Waals surface area contributed by atoms with Gasteiger partial charge in [-0.2, -0.15) is 0 Å². The van der Waals surface area contributed by atoms with Crippen LogP contribution in [0, 0.1) is 11.8 Å². The maximum absolute atomic E-state index is 12.0. The Morgan fingerprint density at radius 3 is 2.41 bits per heavy atom. The number of hydrogen-bond acceptors (Lipinski definition) is 1. The van der Waals surface area contributed by atoms with E-state index in [1.165, 1.54) is 32.1 Å². The van der Waals surface area contributed by atoms with Crippen molar-refractivity contribution >= 4 is 17.5 Å². The van der Waals surface area contributed by atoms with E-state index < -0.39 is 0 Å². The molecule has 1 aliphatic rings. The van der Waals surface area contributed by atoms with Crippen molar-refractivity contribution in [3.63, 3.8) is 0 Å². The summed E-state index contributed by atoms with van der Waals surface area (Å²) in [5, 5.41) is 3.09. The van der Waals surface area contributed by atoms with Gasteiger partial charge >= 0.3 is 0 Å². The lowest BCUT2D eigenvalue weighted by Gasteiger charge is -2.20. The minimum absolute atomic E-state index is 0.263. The van der Waals surface area contributed by atoms with Gasteiger partial charge in [0.2, 0.25) is 5.91 Å². The van der Waals surface area contributed by atoms with Crippen LogP contribution in [0.15, 0.2) is 0 Å². The molecule has 1 rings (SSSR count). The van der Waals surface area contributed by atoms with Gasteiger partial charge in [0, 0.05) is 18.3 Å². The minimum atomic E-state index is 0.263. The number of hydrogen-bond donors (Lipinski definition) is 1. The summed E-state index contributed by atoms with van der Waals surface area (Å²) in [6.07, 6.45) is 9.52. The lowest BCUT2D eigenvalue weighted by atomic mass is 9.90. The second-order valence-electron chi connectivity index (χ2n) is 5.37.